The third-order valence-electron chi connectivity index (χ3n) is 4.58. The van der Waals surface area contributed by atoms with Gasteiger partial charge in [-0.25, -0.2) is 4.98 Å². The van der Waals surface area contributed by atoms with E-state index in [9.17, 15) is 4.79 Å². The van der Waals surface area contributed by atoms with E-state index in [-0.39, 0.29) is 5.91 Å². The van der Waals surface area contributed by atoms with E-state index in [4.69, 9.17) is 5.73 Å². The molecule has 6 heteroatoms. The van der Waals surface area contributed by atoms with Gasteiger partial charge in [0, 0.05) is 13.1 Å². The van der Waals surface area contributed by atoms with Crippen molar-refractivity contribution >= 4 is 43.2 Å². The van der Waals surface area contributed by atoms with Crippen LogP contribution < -0.4 is 5.73 Å². The van der Waals surface area contributed by atoms with Crippen molar-refractivity contribution in [3.63, 3.8) is 0 Å². The second kappa shape index (κ2) is 4.70. The number of nitrogens with zero attached hydrogens (tertiary/aromatic N) is 2. The van der Waals surface area contributed by atoms with Crippen molar-refractivity contribution in [1.82, 2.24) is 9.88 Å². The predicted molar refractivity (Wildman–Crippen MR) is 83.3 cm³/mol. The van der Waals surface area contributed by atoms with E-state index in [1.807, 2.05) is 6.07 Å². The van der Waals surface area contributed by atoms with Gasteiger partial charge in [0.15, 0.2) is 5.13 Å². The molecule has 3 heterocycles. The summed E-state index contributed by atoms with van der Waals surface area (Å²) >= 11 is 2.93. The molecule has 2 atom stereocenters. The molecule has 2 fully saturated rings. The number of carbonyl (C=O) groups excluding carboxylic acids is 1. The number of thiophene rings is 1. The predicted octanol–water partition coefficient (Wildman–Crippen LogP) is 3.20. The molecule has 1 saturated carbocycles. The minimum absolute atomic E-state index is 0.188. The first-order chi connectivity index (χ1) is 9.70. The summed E-state index contributed by atoms with van der Waals surface area (Å²) in [5.41, 5.74) is 5.68. The van der Waals surface area contributed by atoms with E-state index in [2.05, 4.69) is 9.88 Å². The van der Waals surface area contributed by atoms with Crippen LogP contribution >= 0.6 is 22.7 Å². The molecular weight excluding hydrogens is 290 g/mol. The van der Waals surface area contributed by atoms with Crippen LogP contribution in [-0.2, 0) is 0 Å². The first-order valence-corrected chi connectivity index (χ1v) is 8.79. The fourth-order valence-corrected chi connectivity index (χ4v) is 5.54. The van der Waals surface area contributed by atoms with Gasteiger partial charge in [-0.2, -0.15) is 0 Å². The Kier molecular flexibility index (Phi) is 2.96. The summed E-state index contributed by atoms with van der Waals surface area (Å²) in [6.07, 6.45) is 5.26. The van der Waals surface area contributed by atoms with E-state index in [1.54, 1.807) is 0 Å². The van der Waals surface area contributed by atoms with Crippen molar-refractivity contribution in [3.8, 4) is 0 Å². The molecule has 1 saturated heterocycles. The molecule has 4 rings (SSSR count). The maximum absolute atomic E-state index is 12.6. The van der Waals surface area contributed by atoms with Gasteiger partial charge in [-0.15, -0.1) is 11.3 Å². The fraction of sp³-hybridized carbons (Fsp3) is 0.571. The molecule has 20 heavy (non-hydrogen) atoms. The fourth-order valence-electron chi connectivity index (χ4n) is 3.58. The number of thiazole rings is 1. The molecule has 0 bridgehead atoms. The van der Waals surface area contributed by atoms with E-state index in [0.29, 0.717) is 5.13 Å². The number of likely N-dealkylation sites (tertiary alicyclic amines) is 1. The zero-order valence-electron chi connectivity index (χ0n) is 11.2. The Bertz CT molecular complexity index is 617. The summed E-state index contributed by atoms with van der Waals surface area (Å²) in [4.78, 5) is 20.7. The standard InChI is InChI=1S/C14H17N3OS2/c15-14-16-12-10(20-14)5-11(19-12)13(18)17-6-8-3-1-2-4-9(8)7-17/h5,8-9H,1-4,6-7H2,(H2,15,16)/t8-,9+. The molecular formula is C14H17N3OS2. The molecule has 106 valence electrons. The SMILES string of the molecule is Nc1nc2sc(C(=O)N3C[C@H]4CCCC[C@H]4C3)cc2s1. The van der Waals surface area contributed by atoms with Crippen LogP contribution in [0.4, 0.5) is 5.13 Å². The van der Waals surface area contributed by atoms with Gasteiger partial charge >= 0.3 is 0 Å². The van der Waals surface area contributed by atoms with Crippen molar-refractivity contribution < 1.29 is 4.79 Å². The van der Waals surface area contributed by atoms with Gasteiger partial charge in [-0.05, 0) is 30.7 Å². The number of amides is 1. The van der Waals surface area contributed by atoms with Crippen LogP contribution in [0.2, 0.25) is 0 Å². The quantitative estimate of drug-likeness (QED) is 0.880. The highest BCUT2D eigenvalue weighted by molar-refractivity contribution is 7.29. The average Bonchev–Trinajstić information content (AvgIpc) is 3.08. The van der Waals surface area contributed by atoms with Gasteiger partial charge < -0.3 is 10.6 Å². The van der Waals surface area contributed by atoms with Crippen LogP contribution in [0.5, 0.6) is 0 Å². The highest BCUT2D eigenvalue weighted by Crippen LogP contribution is 2.38. The minimum Gasteiger partial charge on any atom is -0.375 e. The van der Waals surface area contributed by atoms with Gasteiger partial charge in [-0.1, -0.05) is 24.2 Å². The Morgan fingerprint density at radius 3 is 2.60 bits per heavy atom. The van der Waals surface area contributed by atoms with Crippen molar-refractivity contribution in [2.45, 2.75) is 25.7 Å². The summed E-state index contributed by atoms with van der Waals surface area (Å²) in [6, 6.07) is 1.96. The summed E-state index contributed by atoms with van der Waals surface area (Å²) in [7, 11) is 0. The Labute approximate surface area is 125 Å². The zero-order valence-corrected chi connectivity index (χ0v) is 12.8. The molecule has 2 aromatic heterocycles. The van der Waals surface area contributed by atoms with Gasteiger partial charge in [0.05, 0.1) is 9.58 Å². The molecule has 2 N–H and O–H groups in total. The van der Waals surface area contributed by atoms with Crippen LogP contribution in [0.15, 0.2) is 6.07 Å². The highest BCUT2D eigenvalue weighted by atomic mass is 32.1. The highest BCUT2D eigenvalue weighted by Gasteiger charge is 2.37. The lowest BCUT2D eigenvalue weighted by Crippen LogP contribution is -2.28. The Balaban J connectivity index is 1.56. The Morgan fingerprint density at radius 1 is 1.25 bits per heavy atom. The molecule has 2 aliphatic rings. The van der Waals surface area contributed by atoms with E-state index in [1.165, 1.54) is 48.4 Å². The molecule has 4 nitrogen and oxygen atoms in total. The number of hydrogen-bond acceptors (Lipinski definition) is 5. The number of hydrogen-bond donors (Lipinski definition) is 1. The largest absolute Gasteiger partial charge is 0.375 e. The summed E-state index contributed by atoms with van der Waals surface area (Å²) < 4.78 is 1.03. The molecule has 1 amide bonds. The van der Waals surface area contributed by atoms with E-state index in [0.717, 1.165) is 39.3 Å². The first-order valence-electron chi connectivity index (χ1n) is 7.16. The van der Waals surface area contributed by atoms with Crippen molar-refractivity contribution in [2.75, 3.05) is 18.8 Å². The van der Waals surface area contributed by atoms with Crippen molar-refractivity contribution in [3.05, 3.63) is 10.9 Å². The van der Waals surface area contributed by atoms with Crippen LogP contribution in [0.3, 0.4) is 0 Å². The number of rotatable bonds is 1. The second-order valence-corrected chi connectivity index (χ2v) is 7.94. The number of nitrogens with two attached hydrogens (primary N) is 1. The molecule has 1 aliphatic heterocycles. The summed E-state index contributed by atoms with van der Waals surface area (Å²) in [5, 5.41) is 0.581. The minimum atomic E-state index is 0.188. The van der Waals surface area contributed by atoms with Crippen LogP contribution in [0.25, 0.3) is 9.53 Å². The van der Waals surface area contributed by atoms with Gasteiger partial charge in [-0.3, -0.25) is 4.79 Å². The van der Waals surface area contributed by atoms with E-state index >= 15 is 0 Å². The van der Waals surface area contributed by atoms with Gasteiger partial charge in [0.25, 0.3) is 5.91 Å². The molecule has 0 unspecified atom stereocenters. The monoisotopic (exact) mass is 307 g/mol. The summed E-state index contributed by atoms with van der Waals surface area (Å²) in [6.45, 7) is 1.90. The van der Waals surface area contributed by atoms with Crippen molar-refractivity contribution in [1.29, 1.82) is 0 Å². The Hall–Kier alpha value is -1.14. The van der Waals surface area contributed by atoms with Gasteiger partial charge in [0.2, 0.25) is 0 Å². The third-order valence-corrected chi connectivity index (χ3v) is 6.56. The molecule has 0 aromatic carbocycles. The van der Waals surface area contributed by atoms with Crippen LogP contribution in [-0.4, -0.2) is 28.9 Å². The third kappa shape index (κ3) is 2.02. The smallest absolute Gasteiger partial charge is 0.264 e. The van der Waals surface area contributed by atoms with Gasteiger partial charge in [0.1, 0.15) is 4.83 Å². The molecule has 0 radical (unpaired) electrons. The second-order valence-electron chi connectivity index (χ2n) is 5.85. The first kappa shape index (κ1) is 12.6. The van der Waals surface area contributed by atoms with E-state index < -0.39 is 0 Å². The normalized spacial score (nSPS) is 26.1. The molecule has 0 spiro atoms. The topological polar surface area (TPSA) is 59.2 Å². The molecule has 2 aromatic rings. The number of anilines is 1. The van der Waals surface area contributed by atoms with Crippen LogP contribution in [0.1, 0.15) is 35.4 Å². The summed E-state index contributed by atoms with van der Waals surface area (Å²) in [5.74, 6) is 1.67. The number of aromatic nitrogens is 1. The lowest BCUT2D eigenvalue weighted by molar-refractivity contribution is 0.0789. The lowest BCUT2D eigenvalue weighted by atomic mass is 9.82. The molecule has 1 aliphatic carbocycles. The zero-order chi connectivity index (χ0) is 13.7. The average molecular weight is 307 g/mol. The number of fused-ring (bicyclic) bond motifs is 2. The van der Waals surface area contributed by atoms with Crippen molar-refractivity contribution in [2.24, 2.45) is 11.8 Å². The number of nitrogen functional groups attached to an aromatic ring is 1. The maximum Gasteiger partial charge on any atom is 0.264 e. The maximum atomic E-state index is 12.6. The number of carbonyl (C=O) groups is 1. The van der Waals surface area contributed by atoms with Crippen LogP contribution in [0, 0.1) is 11.8 Å². The lowest BCUT2D eigenvalue weighted by Gasteiger charge is -2.22. The Morgan fingerprint density at radius 2 is 1.95 bits per heavy atom.